The van der Waals surface area contributed by atoms with E-state index < -0.39 is 0 Å². The van der Waals surface area contributed by atoms with Crippen LogP contribution in [0.25, 0.3) is 0 Å². The van der Waals surface area contributed by atoms with Gasteiger partial charge in [-0.15, -0.1) is 0 Å². The molecule has 0 aliphatic heterocycles. The van der Waals surface area contributed by atoms with E-state index in [0.717, 1.165) is 11.8 Å². The van der Waals surface area contributed by atoms with Crippen LogP contribution in [0.15, 0.2) is 0 Å². The predicted octanol–water partition coefficient (Wildman–Crippen LogP) is 10.6. The first-order valence-electron chi connectivity index (χ1n) is 11.5. The van der Waals surface area contributed by atoms with Crippen molar-refractivity contribution in [2.75, 3.05) is 0 Å². The third kappa shape index (κ3) is 120. The highest BCUT2D eigenvalue weighted by atomic mass is 14.0. The van der Waals surface area contributed by atoms with E-state index in [4.69, 9.17) is 0 Å². The number of rotatable bonds is 7. The minimum atomic E-state index is 0.833. The molecule has 0 nitrogen and oxygen atoms in total. The van der Waals surface area contributed by atoms with Crippen LogP contribution in [0.3, 0.4) is 0 Å². The van der Waals surface area contributed by atoms with Crippen molar-refractivity contribution >= 4 is 0 Å². The van der Waals surface area contributed by atoms with Crippen molar-refractivity contribution in [3.8, 4) is 0 Å². The SMILES string of the molecule is CC.CC.CC.CC(C)C.CCCCC.CCCCCC(C)CC. The highest BCUT2D eigenvalue weighted by molar-refractivity contribution is 4.49. The van der Waals surface area contributed by atoms with Gasteiger partial charge in [0.2, 0.25) is 0 Å². The Balaban J connectivity index is -0.0000000464. The molecule has 0 amide bonds. The molecule has 0 saturated heterocycles. The van der Waals surface area contributed by atoms with Crippen molar-refractivity contribution < 1.29 is 0 Å². The van der Waals surface area contributed by atoms with Gasteiger partial charge in [0.25, 0.3) is 0 Å². The van der Waals surface area contributed by atoms with E-state index in [9.17, 15) is 0 Å². The maximum Gasteiger partial charge on any atom is -0.0445 e. The predicted molar refractivity (Wildman–Crippen MR) is 123 cm³/mol. The van der Waals surface area contributed by atoms with Gasteiger partial charge in [-0.2, -0.15) is 0 Å². The van der Waals surface area contributed by atoms with Crippen LogP contribution < -0.4 is 0 Å². The van der Waals surface area contributed by atoms with Gasteiger partial charge in [0.05, 0.1) is 0 Å². The van der Waals surface area contributed by atoms with Crippen LogP contribution in [0.4, 0.5) is 0 Å². The van der Waals surface area contributed by atoms with Crippen molar-refractivity contribution in [2.45, 2.75) is 148 Å². The Labute approximate surface area is 160 Å². The Kier molecular flexibility index (Phi) is 92.7. The molecule has 24 heavy (non-hydrogen) atoms. The number of hydrogen-bond acceptors (Lipinski definition) is 0. The van der Waals surface area contributed by atoms with Gasteiger partial charge in [0.1, 0.15) is 0 Å². The fourth-order valence-corrected chi connectivity index (χ4v) is 1.30. The molecule has 0 N–H and O–H groups in total. The Bertz CT molecular complexity index is 99.9. The van der Waals surface area contributed by atoms with Crippen molar-refractivity contribution in [1.82, 2.24) is 0 Å². The van der Waals surface area contributed by atoms with Gasteiger partial charge < -0.3 is 0 Å². The zero-order valence-electron chi connectivity index (χ0n) is 20.8. The molecule has 0 fully saturated rings. The fourth-order valence-electron chi connectivity index (χ4n) is 1.30. The summed E-state index contributed by atoms with van der Waals surface area (Å²) < 4.78 is 0. The lowest BCUT2D eigenvalue weighted by molar-refractivity contribution is 0.482. The van der Waals surface area contributed by atoms with E-state index in [2.05, 4.69) is 55.4 Å². The molecule has 0 aliphatic rings. The average molecular weight is 349 g/mol. The summed E-state index contributed by atoms with van der Waals surface area (Å²) in [6.07, 6.45) is 11.1. The highest BCUT2D eigenvalue weighted by Gasteiger charge is 1.95. The lowest BCUT2D eigenvalue weighted by Crippen LogP contribution is -1.90. The van der Waals surface area contributed by atoms with Crippen LogP contribution in [0, 0.1) is 11.8 Å². The lowest BCUT2D eigenvalue weighted by atomic mass is 10.0. The summed E-state index contributed by atoms with van der Waals surface area (Å²) in [4.78, 5) is 0. The second-order valence-corrected chi connectivity index (χ2v) is 6.09. The topological polar surface area (TPSA) is 0 Å². The molecule has 0 aromatic carbocycles. The average Bonchev–Trinajstić information content (AvgIpc) is 2.61. The molecule has 0 saturated carbocycles. The van der Waals surface area contributed by atoms with Crippen LogP contribution in [0.1, 0.15) is 148 Å². The van der Waals surface area contributed by atoms with E-state index in [1.54, 1.807) is 0 Å². The normalized spacial score (nSPS) is 9.12. The third-order valence-electron chi connectivity index (χ3n) is 2.70. The molecule has 0 aromatic heterocycles. The summed E-state index contributed by atoms with van der Waals surface area (Å²) in [5.74, 6) is 1.79. The maximum atomic E-state index is 2.34. The lowest BCUT2D eigenvalue weighted by Gasteiger charge is -2.05. The summed E-state index contributed by atoms with van der Waals surface area (Å²) in [5, 5.41) is 0. The van der Waals surface area contributed by atoms with Crippen molar-refractivity contribution in [3.63, 3.8) is 0 Å². The highest BCUT2D eigenvalue weighted by Crippen LogP contribution is 2.11. The van der Waals surface area contributed by atoms with Crippen LogP contribution in [0.5, 0.6) is 0 Å². The van der Waals surface area contributed by atoms with E-state index >= 15 is 0 Å². The van der Waals surface area contributed by atoms with Gasteiger partial charge in [0, 0.05) is 0 Å². The first-order chi connectivity index (χ1) is 11.5. The largest absolute Gasteiger partial charge is 0.0683 e. The minimum absolute atomic E-state index is 0.833. The molecule has 0 heterocycles. The summed E-state index contributed by atoms with van der Waals surface area (Å²) in [6, 6.07) is 0. The Morgan fingerprint density at radius 2 is 0.792 bits per heavy atom. The van der Waals surface area contributed by atoms with Crippen LogP contribution in [0.2, 0.25) is 0 Å². The van der Waals surface area contributed by atoms with Gasteiger partial charge in [-0.1, -0.05) is 148 Å². The molecule has 0 radical (unpaired) electrons. The first-order valence-corrected chi connectivity index (χ1v) is 11.5. The third-order valence-corrected chi connectivity index (χ3v) is 2.70. The second kappa shape index (κ2) is 56.8. The smallest absolute Gasteiger partial charge is 0.0445 e. The van der Waals surface area contributed by atoms with Gasteiger partial charge in [-0.3, -0.25) is 0 Å². The van der Waals surface area contributed by atoms with Gasteiger partial charge in [-0.05, 0) is 11.8 Å². The van der Waals surface area contributed by atoms with Crippen molar-refractivity contribution in [3.05, 3.63) is 0 Å². The molecular weight excluding hydrogens is 288 g/mol. The van der Waals surface area contributed by atoms with Crippen molar-refractivity contribution in [2.24, 2.45) is 11.8 Å². The van der Waals surface area contributed by atoms with Gasteiger partial charge >= 0.3 is 0 Å². The van der Waals surface area contributed by atoms with E-state index in [1.165, 1.54) is 51.4 Å². The molecule has 0 rings (SSSR count). The van der Waals surface area contributed by atoms with Crippen molar-refractivity contribution in [1.29, 1.82) is 0 Å². The molecule has 0 aliphatic carbocycles. The van der Waals surface area contributed by atoms with Crippen LogP contribution in [-0.4, -0.2) is 0 Å². The van der Waals surface area contributed by atoms with E-state index in [-0.39, 0.29) is 0 Å². The molecular formula is C24H60. The van der Waals surface area contributed by atoms with E-state index in [0.29, 0.717) is 0 Å². The Morgan fingerprint density at radius 3 is 0.958 bits per heavy atom. The number of unbranched alkanes of at least 4 members (excludes halogenated alkanes) is 4. The summed E-state index contributed by atoms with van der Waals surface area (Å²) in [7, 11) is 0. The Hall–Kier alpha value is 0. The van der Waals surface area contributed by atoms with Gasteiger partial charge in [-0.25, -0.2) is 0 Å². The standard InChI is InChI=1S/C9H20.C5H12.C4H10.3C2H6/c1-4-6-7-8-9(3)5-2;1-3-5-4-2;1-4(2)3;3*1-2/h9H,4-8H2,1-3H3;3-5H2,1-2H3;4H,1-3H3;3*1-2H3. The Morgan fingerprint density at radius 1 is 0.500 bits per heavy atom. The summed E-state index contributed by atoms with van der Waals surface area (Å²) in [6.45, 7) is 29.8. The minimum Gasteiger partial charge on any atom is -0.0683 e. The van der Waals surface area contributed by atoms with Gasteiger partial charge in [0.15, 0.2) is 0 Å². The number of hydrogen-bond donors (Lipinski definition) is 0. The van der Waals surface area contributed by atoms with Crippen LogP contribution >= 0.6 is 0 Å². The molecule has 1 atom stereocenters. The van der Waals surface area contributed by atoms with E-state index in [1.807, 2.05) is 41.5 Å². The first kappa shape index (κ1) is 39.2. The van der Waals surface area contributed by atoms with Crippen LogP contribution in [-0.2, 0) is 0 Å². The summed E-state index contributed by atoms with van der Waals surface area (Å²) >= 11 is 0. The second-order valence-electron chi connectivity index (χ2n) is 6.09. The monoisotopic (exact) mass is 348 g/mol. The quantitative estimate of drug-likeness (QED) is 0.401. The molecule has 0 spiro atoms. The zero-order chi connectivity index (χ0) is 20.8. The zero-order valence-corrected chi connectivity index (χ0v) is 20.8. The maximum absolute atomic E-state index is 2.34. The molecule has 156 valence electrons. The molecule has 1 unspecified atom stereocenters. The summed E-state index contributed by atoms with van der Waals surface area (Å²) in [5.41, 5.74) is 0. The molecule has 0 heteroatoms. The molecule has 0 bridgehead atoms. The molecule has 0 aromatic rings. The fraction of sp³-hybridized carbons (Fsp3) is 1.00.